The molecule has 7 rings (SSSR count). The first kappa shape index (κ1) is 47.8. The average Bonchev–Trinajstić information content (AvgIpc) is 4.02. The van der Waals surface area contributed by atoms with Gasteiger partial charge in [-0.1, -0.05) is 189 Å². The van der Waals surface area contributed by atoms with Crippen molar-refractivity contribution in [3.05, 3.63) is 182 Å². The molecule has 57 heavy (non-hydrogen) atoms. The first-order valence-electron chi connectivity index (χ1n) is 17.6. The molecule has 1 heterocycles. The van der Waals surface area contributed by atoms with Gasteiger partial charge in [0.05, 0.1) is 6.66 Å². The molecule has 0 bridgehead atoms. The van der Waals surface area contributed by atoms with Crippen LogP contribution in [0.5, 0.6) is 0 Å². The van der Waals surface area contributed by atoms with E-state index in [9.17, 15) is 13.2 Å². The molecule has 1 aliphatic rings. The van der Waals surface area contributed by atoms with E-state index in [0.717, 1.165) is 18.5 Å². The predicted octanol–water partition coefficient (Wildman–Crippen LogP) is 11.2. The van der Waals surface area contributed by atoms with Gasteiger partial charge < -0.3 is 4.55 Å². The molecule has 0 aliphatic carbocycles. The van der Waals surface area contributed by atoms with Crippen molar-refractivity contribution in [3.63, 3.8) is 0 Å². The zero-order chi connectivity index (χ0) is 40.0. The summed E-state index contributed by atoms with van der Waals surface area (Å²) in [4.78, 5) is 0. The van der Waals surface area contributed by atoms with Gasteiger partial charge in [0.1, 0.15) is 0 Å². The number of hydrogen-bond acceptors (Lipinski definition) is 3. The maximum Gasteiger partial charge on any atom is 0.485 e. The Kier molecular flexibility index (Phi) is 19.4. The molecule has 0 aromatic heterocycles. The molecular formula is C43H42CoF3O3P6S. The maximum absolute atomic E-state index is 10.7. The van der Waals surface area contributed by atoms with Crippen LogP contribution in [0.15, 0.2) is 182 Å². The second kappa shape index (κ2) is 23.2. The summed E-state index contributed by atoms with van der Waals surface area (Å²) in [5, 5.41) is 8.79. The van der Waals surface area contributed by atoms with Gasteiger partial charge in [-0.25, -0.2) is 8.42 Å². The van der Waals surface area contributed by atoms with Crippen LogP contribution in [0.4, 0.5) is 13.2 Å². The molecule has 1 aliphatic heterocycles. The van der Waals surface area contributed by atoms with Crippen LogP contribution < -0.4 is 31.8 Å². The summed E-state index contributed by atoms with van der Waals surface area (Å²) in [6, 6.07) is 67.7. The molecular weight excluding hydrogens is 898 g/mol. The normalized spacial score (nSPS) is 14.6. The third-order valence-corrected chi connectivity index (χ3v) is 24.9. The van der Waals surface area contributed by atoms with E-state index in [2.05, 4.69) is 196 Å². The molecule has 0 atom stereocenters. The van der Waals surface area contributed by atoms with E-state index in [1.807, 2.05) is 0 Å². The maximum atomic E-state index is 10.7. The standard InChI is InChI=1S/C41H39P3.CHF3O3S.CH3P3.Co/c1-41(32-42(35-20-8-2-9-21-35)36-22-10-3-11-23-36,33-43(37-24-12-4-13-25-37)38-26-14-5-15-27-38)34-44(39-28-16-6-17-29-39)40-30-18-7-19-31-40;2-1(3,4)8(5,6)7;1-4-2-3-4;/h2-31H,32-34H2,1H3;(H,5,6,7);1H3;/q;;+1;/p-1. The number of halogens is 3. The van der Waals surface area contributed by atoms with Gasteiger partial charge in [0, 0.05) is 16.8 Å². The number of rotatable bonds is 12. The second-order valence-electron chi connectivity index (χ2n) is 13.2. The van der Waals surface area contributed by atoms with Crippen LogP contribution in [0.25, 0.3) is 0 Å². The minimum absolute atomic E-state index is 0. The Balaban J connectivity index is 0.000000479. The van der Waals surface area contributed by atoms with Gasteiger partial charge in [0.2, 0.25) is 23.2 Å². The van der Waals surface area contributed by atoms with E-state index < -0.39 is 39.4 Å². The summed E-state index contributed by atoms with van der Waals surface area (Å²) in [6.07, 6.45) is 3.44. The van der Waals surface area contributed by atoms with Gasteiger partial charge in [0.15, 0.2) is 10.1 Å². The monoisotopic (exact) mass is 940 g/mol. The molecule has 298 valence electrons. The predicted molar refractivity (Wildman–Crippen MR) is 242 cm³/mol. The van der Waals surface area contributed by atoms with Crippen LogP contribution in [0.2, 0.25) is 0 Å². The Morgan fingerprint density at radius 1 is 0.491 bits per heavy atom. The Morgan fingerprint density at radius 2 is 0.649 bits per heavy atom. The summed E-state index contributed by atoms with van der Waals surface area (Å²) in [6.45, 7) is 4.93. The van der Waals surface area contributed by atoms with E-state index in [0.29, 0.717) is 7.30 Å². The Labute approximate surface area is 354 Å². The number of benzene rings is 6. The smallest absolute Gasteiger partial charge is 0.485 e. The fraction of sp³-hybridized carbons (Fsp3) is 0.163. The first-order valence-corrected chi connectivity index (χ1v) is 29.3. The largest absolute Gasteiger partial charge is 0.741 e. The topological polar surface area (TPSA) is 57.2 Å². The summed E-state index contributed by atoms with van der Waals surface area (Å²) < 4.78 is 58.9. The van der Waals surface area contributed by atoms with Gasteiger partial charge in [-0.15, -0.1) is 0 Å². The van der Waals surface area contributed by atoms with Crippen LogP contribution in [-0.4, -0.2) is 43.6 Å². The molecule has 0 saturated carbocycles. The molecule has 14 heteroatoms. The molecule has 0 amide bonds. The fourth-order valence-corrected chi connectivity index (χ4v) is 17.9. The van der Waals surface area contributed by atoms with Crippen molar-refractivity contribution >= 4 is 88.9 Å². The quantitative estimate of drug-likeness (QED) is 0.0698. The van der Waals surface area contributed by atoms with Crippen molar-refractivity contribution in [2.45, 2.75) is 12.4 Å². The molecule has 3 nitrogen and oxygen atoms in total. The van der Waals surface area contributed by atoms with Crippen molar-refractivity contribution in [2.24, 2.45) is 5.41 Å². The van der Waals surface area contributed by atoms with Crippen LogP contribution >= 0.6 is 47.0 Å². The second-order valence-corrected chi connectivity index (χ2v) is 31.3. The van der Waals surface area contributed by atoms with Crippen molar-refractivity contribution in [1.29, 1.82) is 0 Å². The van der Waals surface area contributed by atoms with Gasteiger partial charge in [-0.05, 0) is 79.5 Å². The molecule has 6 aromatic carbocycles. The minimum Gasteiger partial charge on any atom is -0.741 e. The molecule has 0 N–H and O–H groups in total. The zero-order valence-corrected chi connectivity index (χ0v) is 38.4. The third kappa shape index (κ3) is 15.6. The van der Waals surface area contributed by atoms with E-state index in [1.54, 1.807) is 15.9 Å². The number of alkyl halides is 3. The Bertz CT molecular complexity index is 1820. The summed E-state index contributed by atoms with van der Waals surface area (Å²) in [5.74, 6) is 0. The van der Waals surface area contributed by atoms with Gasteiger partial charge in [0.25, 0.3) is 0 Å². The molecule has 1 saturated heterocycles. The van der Waals surface area contributed by atoms with Crippen molar-refractivity contribution < 1.29 is 42.9 Å². The molecule has 0 spiro atoms. The molecule has 1 fully saturated rings. The summed E-state index contributed by atoms with van der Waals surface area (Å²) in [7, 11) is -3.78. The third-order valence-electron chi connectivity index (χ3n) is 8.58. The van der Waals surface area contributed by atoms with Crippen molar-refractivity contribution in [1.82, 2.24) is 0 Å². The SMILES string of the molecule is CC(CP(c1ccccc1)c1ccccc1)(CP(c1ccccc1)c1ccccc1)CP(c1ccccc1)c1ccccc1.C[P+]1[P][P]1.O=S(=O)([O-])C(F)(F)F.[Co]. The fourth-order valence-electron chi connectivity index (χ4n) is 5.98. The van der Waals surface area contributed by atoms with Crippen molar-refractivity contribution in [3.8, 4) is 0 Å². The molecule has 4 radical (unpaired) electrons. The number of hydrogen-bond donors (Lipinski definition) is 0. The zero-order valence-electron chi connectivity index (χ0n) is 31.2. The van der Waals surface area contributed by atoms with Crippen LogP contribution in [0.1, 0.15) is 6.92 Å². The Morgan fingerprint density at radius 3 is 0.772 bits per heavy atom. The average molecular weight is 941 g/mol. The van der Waals surface area contributed by atoms with E-state index in [1.165, 1.54) is 31.8 Å². The van der Waals surface area contributed by atoms with Crippen molar-refractivity contribution in [2.75, 3.05) is 25.2 Å². The van der Waals surface area contributed by atoms with Crippen LogP contribution in [0.3, 0.4) is 0 Å². The first-order chi connectivity index (χ1) is 26.8. The van der Waals surface area contributed by atoms with E-state index >= 15 is 0 Å². The van der Waals surface area contributed by atoms with E-state index in [4.69, 9.17) is 13.0 Å². The van der Waals surface area contributed by atoms with Gasteiger partial charge in [-0.3, -0.25) is 0 Å². The van der Waals surface area contributed by atoms with Gasteiger partial charge >= 0.3 is 5.51 Å². The van der Waals surface area contributed by atoms with E-state index in [-0.39, 0.29) is 22.2 Å². The molecule has 0 unspecified atom stereocenters. The molecule has 6 aromatic rings. The van der Waals surface area contributed by atoms with Gasteiger partial charge in [-0.2, -0.15) is 13.2 Å². The van der Waals surface area contributed by atoms with Crippen LogP contribution in [-0.2, 0) is 26.9 Å². The summed E-state index contributed by atoms with van der Waals surface area (Å²) in [5.41, 5.74) is -5.57. The summed E-state index contributed by atoms with van der Waals surface area (Å²) >= 11 is 0. The van der Waals surface area contributed by atoms with Crippen LogP contribution in [0, 0.1) is 5.41 Å². The minimum atomic E-state index is -6.09. The Hall–Kier alpha value is -1.89.